The zero-order valence-corrected chi connectivity index (χ0v) is 14.6. The van der Waals surface area contributed by atoms with Gasteiger partial charge in [0.15, 0.2) is 0 Å². The molecule has 27 heavy (non-hydrogen) atoms. The molecule has 0 N–H and O–H groups in total. The Balaban J connectivity index is 2.15. The molecule has 0 atom stereocenters. The minimum absolute atomic E-state index is 0.0329. The van der Waals surface area contributed by atoms with Gasteiger partial charge in [0.1, 0.15) is 11.6 Å². The number of benzene rings is 2. The van der Waals surface area contributed by atoms with E-state index in [1.54, 1.807) is 0 Å². The van der Waals surface area contributed by atoms with Gasteiger partial charge in [0.05, 0.1) is 22.5 Å². The fraction of sp³-hybridized carbons (Fsp3) is 0.111. The van der Waals surface area contributed by atoms with E-state index in [9.17, 15) is 22.4 Å². The minimum Gasteiger partial charge on any atom is -0.275 e. The molecule has 1 heterocycles. The van der Waals surface area contributed by atoms with Crippen LogP contribution in [0.15, 0.2) is 48.8 Å². The third-order valence-corrected chi connectivity index (χ3v) is 4.10. The minimum atomic E-state index is -3.21. The molecule has 1 aromatic heterocycles. The van der Waals surface area contributed by atoms with Crippen LogP contribution < -0.4 is 4.90 Å². The van der Waals surface area contributed by atoms with Crippen LogP contribution in [-0.4, -0.2) is 22.2 Å². The Morgan fingerprint density at radius 2 is 1.93 bits per heavy atom. The van der Waals surface area contributed by atoms with Gasteiger partial charge < -0.3 is 0 Å². The topological polar surface area (TPSA) is 38.1 Å². The number of hydrogen-bond acceptors (Lipinski definition) is 2. The first kappa shape index (κ1) is 18.9. The Morgan fingerprint density at radius 3 is 2.52 bits per heavy atom. The summed E-state index contributed by atoms with van der Waals surface area (Å²) < 4.78 is 56.1. The number of nitrogens with zero attached hydrogens (tertiary/aromatic N) is 3. The smallest absolute Gasteiger partial charge is 0.275 e. The maximum atomic E-state index is 13.8. The van der Waals surface area contributed by atoms with E-state index < -0.39 is 24.1 Å². The molecule has 2 aromatic carbocycles. The molecular formula is C18H12ClF4N3O. The van der Waals surface area contributed by atoms with Crippen molar-refractivity contribution in [2.24, 2.45) is 7.05 Å². The lowest BCUT2D eigenvalue weighted by Gasteiger charge is -2.24. The van der Waals surface area contributed by atoms with E-state index in [1.807, 2.05) is 0 Å². The van der Waals surface area contributed by atoms with Crippen molar-refractivity contribution in [2.45, 2.75) is 6.55 Å². The molecule has 3 aromatic rings. The molecule has 0 unspecified atom stereocenters. The first-order chi connectivity index (χ1) is 12.8. The highest BCUT2D eigenvalue weighted by molar-refractivity contribution is 6.31. The third kappa shape index (κ3) is 3.80. The standard InChI is InChI=1S/C18H12ClF4N3O/c1-25-9-11(8-24-25)17(27)26(18(22)23)16-5-3-12(20)7-13(16)10-2-4-15(21)14(19)6-10/h2-9,18H,1H3. The van der Waals surface area contributed by atoms with Gasteiger partial charge in [-0.2, -0.15) is 13.9 Å². The molecule has 0 fully saturated rings. The highest BCUT2D eigenvalue weighted by atomic mass is 35.5. The van der Waals surface area contributed by atoms with Gasteiger partial charge in [-0.25, -0.2) is 13.7 Å². The summed E-state index contributed by atoms with van der Waals surface area (Å²) in [7, 11) is 1.54. The maximum absolute atomic E-state index is 13.8. The highest BCUT2D eigenvalue weighted by Gasteiger charge is 2.29. The molecule has 0 aliphatic carbocycles. The number of carbonyl (C=O) groups excluding carboxylic acids is 1. The van der Waals surface area contributed by atoms with E-state index in [-0.39, 0.29) is 32.3 Å². The maximum Gasteiger partial charge on any atom is 0.321 e. The summed E-state index contributed by atoms with van der Waals surface area (Å²) in [5.74, 6) is -2.44. The van der Waals surface area contributed by atoms with Crippen molar-refractivity contribution in [1.82, 2.24) is 9.78 Å². The molecule has 0 bridgehead atoms. The monoisotopic (exact) mass is 397 g/mol. The van der Waals surface area contributed by atoms with Gasteiger partial charge >= 0.3 is 6.55 Å². The largest absolute Gasteiger partial charge is 0.321 e. The van der Waals surface area contributed by atoms with Gasteiger partial charge in [0.2, 0.25) is 0 Å². The molecule has 1 amide bonds. The lowest BCUT2D eigenvalue weighted by Crippen LogP contribution is -2.35. The Morgan fingerprint density at radius 1 is 1.19 bits per heavy atom. The van der Waals surface area contributed by atoms with Gasteiger partial charge in [0.25, 0.3) is 5.91 Å². The second-order valence-electron chi connectivity index (χ2n) is 5.65. The van der Waals surface area contributed by atoms with Crippen LogP contribution >= 0.6 is 11.6 Å². The van der Waals surface area contributed by atoms with Crippen molar-refractivity contribution in [3.05, 3.63) is 71.0 Å². The third-order valence-electron chi connectivity index (χ3n) is 3.81. The van der Waals surface area contributed by atoms with E-state index in [0.29, 0.717) is 0 Å². The zero-order valence-electron chi connectivity index (χ0n) is 13.8. The molecule has 9 heteroatoms. The fourth-order valence-corrected chi connectivity index (χ4v) is 2.77. The molecule has 3 rings (SSSR count). The zero-order chi connectivity index (χ0) is 19.7. The molecule has 0 saturated carbocycles. The predicted molar refractivity (Wildman–Crippen MR) is 92.8 cm³/mol. The van der Waals surface area contributed by atoms with Crippen LogP contribution in [0.4, 0.5) is 23.2 Å². The van der Waals surface area contributed by atoms with E-state index >= 15 is 0 Å². The number of alkyl halides is 2. The number of aromatic nitrogens is 2. The van der Waals surface area contributed by atoms with Crippen molar-refractivity contribution in [2.75, 3.05) is 4.90 Å². The SMILES string of the molecule is Cn1cc(C(=O)N(c2ccc(F)cc2-c2ccc(F)c(Cl)c2)C(F)F)cn1. The van der Waals surface area contributed by atoms with Gasteiger partial charge in [-0.05, 0) is 35.9 Å². The van der Waals surface area contributed by atoms with E-state index in [4.69, 9.17) is 11.6 Å². The van der Waals surface area contributed by atoms with Crippen LogP contribution in [0.1, 0.15) is 10.4 Å². The first-order valence-electron chi connectivity index (χ1n) is 7.63. The van der Waals surface area contributed by atoms with E-state index in [2.05, 4.69) is 5.10 Å². The summed E-state index contributed by atoms with van der Waals surface area (Å²) in [4.78, 5) is 12.8. The van der Waals surface area contributed by atoms with Crippen molar-refractivity contribution in [3.8, 4) is 11.1 Å². The van der Waals surface area contributed by atoms with Gasteiger partial charge in [-0.3, -0.25) is 9.48 Å². The number of rotatable bonds is 4. The molecular weight excluding hydrogens is 386 g/mol. The summed E-state index contributed by atoms with van der Waals surface area (Å²) in [6, 6.07) is 6.45. The van der Waals surface area contributed by atoms with Gasteiger partial charge in [-0.15, -0.1) is 0 Å². The second kappa shape index (κ2) is 7.40. The van der Waals surface area contributed by atoms with Crippen LogP contribution in [-0.2, 0) is 7.05 Å². The van der Waals surface area contributed by atoms with E-state index in [0.717, 1.165) is 30.5 Å². The first-order valence-corrected chi connectivity index (χ1v) is 8.01. The summed E-state index contributed by atoms with van der Waals surface area (Å²) >= 11 is 5.75. The lowest BCUT2D eigenvalue weighted by molar-refractivity contribution is 0.0839. The van der Waals surface area contributed by atoms with E-state index in [1.165, 1.54) is 30.1 Å². The van der Waals surface area contributed by atoms with Crippen molar-refractivity contribution in [3.63, 3.8) is 0 Å². The van der Waals surface area contributed by atoms with Crippen LogP contribution in [0.5, 0.6) is 0 Å². The quantitative estimate of drug-likeness (QED) is 0.464. The van der Waals surface area contributed by atoms with Gasteiger partial charge in [0, 0.05) is 18.8 Å². The Labute approximate surface area is 156 Å². The molecule has 0 saturated heterocycles. The lowest BCUT2D eigenvalue weighted by atomic mass is 10.0. The molecule has 0 radical (unpaired) electrons. The molecule has 0 aliphatic rings. The average molecular weight is 398 g/mol. The Bertz CT molecular complexity index is 1010. The number of carbonyl (C=O) groups is 1. The van der Waals surface area contributed by atoms with Crippen molar-refractivity contribution < 1.29 is 22.4 Å². The normalized spacial score (nSPS) is 11.1. The number of amides is 1. The highest BCUT2D eigenvalue weighted by Crippen LogP contribution is 2.35. The molecule has 0 aliphatic heterocycles. The number of aryl methyl sites for hydroxylation is 1. The van der Waals surface area contributed by atoms with Crippen molar-refractivity contribution >= 4 is 23.2 Å². The second-order valence-corrected chi connectivity index (χ2v) is 6.05. The predicted octanol–water partition coefficient (Wildman–Crippen LogP) is 4.89. The molecule has 140 valence electrons. The van der Waals surface area contributed by atoms with Crippen LogP contribution in [0.3, 0.4) is 0 Å². The van der Waals surface area contributed by atoms with Gasteiger partial charge in [-0.1, -0.05) is 17.7 Å². The Hall–Kier alpha value is -2.87. The number of hydrogen-bond donors (Lipinski definition) is 0. The Kier molecular flexibility index (Phi) is 5.18. The average Bonchev–Trinajstić information content (AvgIpc) is 3.05. The summed E-state index contributed by atoms with van der Waals surface area (Å²) in [5, 5.41) is 3.53. The van der Waals surface area contributed by atoms with Crippen molar-refractivity contribution in [1.29, 1.82) is 0 Å². The van der Waals surface area contributed by atoms with Crippen LogP contribution in [0.25, 0.3) is 11.1 Å². The molecule has 0 spiro atoms. The van der Waals surface area contributed by atoms with Crippen LogP contribution in [0, 0.1) is 11.6 Å². The summed E-state index contributed by atoms with van der Waals surface area (Å²) in [6.07, 6.45) is 2.44. The molecule has 4 nitrogen and oxygen atoms in total. The summed E-state index contributed by atoms with van der Waals surface area (Å²) in [6.45, 7) is -3.21. The summed E-state index contributed by atoms with van der Waals surface area (Å²) in [5.41, 5.74) is -0.164. The number of anilines is 1. The fourth-order valence-electron chi connectivity index (χ4n) is 2.59. The van der Waals surface area contributed by atoms with Crippen LogP contribution in [0.2, 0.25) is 5.02 Å². The number of halogens is 5.